The minimum atomic E-state index is -4.01. The molecule has 0 fully saturated rings. The summed E-state index contributed by atoms with van der Waals surface area (Å²) in [5.41, 5.74) is 2.81. The second kappa shape index (κ2) is 9.20. The van der Waals surface area contributed by atoms with Crippen molar-refractivity contribution in [3.63, 3.8) is 0 Å². The number of methoxy groups -OCH3 is 2. The van der Waals surface area contributed by atoms with Gasteiger partial charge in [-0.3, -0.25) is 4.79 Å². The summed E-state index contributed by atoms with van der Waals surface area (Å²) in [5.74, 6) is -0.0967. The van der Waals surface area contributed by atoms with Crippen LogP contribution in [0.4, 0.5) is 0 Å². The van der Waals surface area contributed by atoms with E-state index in [0.717, 1.165) is 4.31 Å². The lowest BCUT2D eigenvalue weighted by Crippen LogP contribution is -2.36. The molecule has 0 bridgehead atoms. The monoisotopic (exact) mass is 407 g/mol. The number of hydrogen-bond acceptors (Lipinski definition) is 7. The Kier molecular flexibility index (Phi) is 6.96. The summed E-state index contributed by atoms with van der Waals surface area (Å²) in [4.78, 5) is 11.9. The molecule has 0 unspecified atom stereocenters. The van der Waals surface area contributed by atoms with Gasteiger partial charge in [0.05, 0.1) is 27.0 Å². The summed E-state index contributed by atoms with van der Waals surface area (Å²) < 4.78 is 36.6. The second-order valence-corrected chi connectivity index (χ2v) is 7.68. The fourth-order valence-electron chi connectivity index (χ4n) is 2.26. The van der Waals surface area contributed by atoms with Crippen LogP contribution in [0.2, 0.25) is 0 Å². The Morgan fingerprint density at radius 1 is 1.21 bits per heavy atom. The van der Waals surface area contributed by atoms with Crippen LogP contribution in [0, 0.1) is 0 Å². The van der Waals surface area contributed by atoms with E-state index in [0.29, 0.717) is 11.3 Å². The third kappa shape index (κ3) is 5.21. The number of ether oxygens (including phenoxy) is 2. The van der Waals surface area contributed by atoms with Crippen molar-refractivity contribution in [3.05, 3.63) is 48.0 Å². The molecule has 1 amide bonds. The number of phenols is 1. The van der Waals surface area contributed by atoms with Gasteiger partial charge in [0.1, 0.15) is 22.1 Å². The summed E-state index contributed by atoms with van der Waals surface area (Å²) >= 11 is 0. The molecule has 2 aromatic carbocycles. The molecule has 0 saturated carbocycles. The molecule has 9 nitrogen and oxygen atoms in total. The van der Waals surface area contributed by atoms with Gasteiger partial charge < -0.3 is 14.6 Å². The average Bonchev–Trinajstić information content (AvgIpc) is 2.67. The number of aromatic hydroxyl groups is 1. The van der Waals surface area contributed by atoms with Crippen LogP contribution < -0.4 is 14.9 Å². The third-order valence-electron chi connectivity index (χ3n) is 3.70. The summed E-state index contributed by atoms with van der Waals surface area (Å²) in [5, 5.41) is 13.1. The molecule has 0 spiro atoms. The Morgan fingerprint density at radius 2 is 1.96 bits per heavy atom. The molecule has 0 aliphatic carbocycles. The number of carbonyl (C=O) groups excluding carboxylic acids is 1. The van der Waals surface area contributed by atoms with Gasteiger partial charge in [-0.15, -0.1) is 0 Å². The number of rotatable bonds is 8. The predicted octanol–water partition coefficient (Wildman–Crippen LogP) is 1.18. The highest BCUT2D eigenvalue weighted by molar-refractivity contribution is 7.89. The zero-order valence-corrected chi connectivity index (χ0v) is 16.4. The Hall–Kier alpha value is -3.11. The van der Waals surface area contributed by atoms with Crippen molar-refractivity contribution in [2.45, 2.75) is 4.90 Å². The molecule has 0 aliphatic rings. The first-order valence-electron chi connectivity index (χ1n) is 8.07. The molecular formula is C18H21N3O6S. The number of nitrogens with one attached hydrogen (secondary N) is 1. The van der Waals surface area contributed by atoms with Crippen LogP contribution in [0.15, 0.2) is 52.5 Å². The molecule has 150 valence electrons. The first kappa shape index (κ1) is 21.2. The number of hydrazone groups is 1. The van der Waals surface area contributed by atoms with E-state index in [-0.39, 0.29) is 16.4 Å². The first-order chi connectivity index (χ1) is 13.3. The molecule has 10 heteroatoms. The highest BCUT2D eigenvalue weighted by Gasteiger charge is 2.27. The fourth-order valence-corrected chi connectivity index (χ4v) is 3.55. The van der Waals surface area contributed by atoms with E-state index in [4.69, 9.17) is 9.47 Å². The zero-order chi connectivity index (χ0) is 20.7. The van der Waals surface area contributed by atoms with E-state index in [9.17, 15) is 18.3 Å². The molecule has 0 radical (unpaired) electrons. The van der Waals surface area contributed by atoms with Crippen molar-refractivity contribution in [2.24, 2.45) is 5.10 Å². The molecule has 0 aromatic heterocycles. The van der Waals surface area contributed by atoms with Gasteiger partial charge in [-0.05, 0) is 29.8 Å². The van der Waals surface area contributed by atoms with Crippen LogP contribution >= 0.6 is 0 Å². The van der Waals surface area contributed by atoms with Crippen LogP contribution in [0.3, 0.4) is 0 Å². The van der Waals surface area contributed by atoms with E-state index in [1.165, 1.54) is 51.7 Å². The van der Waals surface area contributed by atoms with E-state index >= 15 is 0 Å². The van der Waals surface area contributed by atoms with E-state index in [2.05, 4.69) is 10.5 Å². The van der Waals surface area contributed by atoms with E-state index in [1.807, 2.05) is 0 Å². The van der Waals surface area contributed by atoms with Crippen molar-refractivity contribution in [1.82, 2.24) is 9.73 Å². The number of carbonyl (C=O) groups is 1. The van der Waals surface area contributed by atoms with Crippen molar-refractivity contribution in [2.75, 3.05) is 27.8 Å². The molecular weight excluding hydrogens is 386 g/mol. The zero-order valence-electron chi connectivity index (χ0n) is 15.6. The number of benzene rings is 2. The lowest BCUT2D eigenvalue weighted by molar-refractivity contribution is -0.121. The lowest BCUT2D eigenvalue weighted by Gasteiger charge is -2.18. The summed E-state index contributed by atoms with van der Waals surface area (Å²) in [6.07, 6.45) is 1.33. The number of nitrogens with zero attached hydrogens (tertiary/aromatic N) is 2. The van der Waals surface area contributed by atoms with Gasteiger partial charge in [-0.1, -0.05) is 12.1 Å². The SMILES string of the molecule is COc1ccc(OC)c(S(=O)(=O)N(C)CC(=O)NN=Cc2cccc(O)c2)c1. The van der Waals surface area contributed by atoms with Gasteiger partial charge >= 0.3 is 0 Å². The van der Waals surface area contributed by atoms with Crippen LogP contribution in [-0.4, -0.2) is 57.8 Å². The Morgan fingerprint density at radius 3 is 2.61 bits per heavy atom. The van der Waals surface area contributed by atoms with Crippen LogP contribution in [0.25, 0.3) is 0 Å². The highest BCUT2D eigenvalue weighted by atomic mass is 32.2. The fraction of sp³-hybridized carbons (Fsp3) is 0.222. The van der Waals surface area contributed by atoms with Gasteiger partial charge in [0.15, 0.2) is 0 Å². The lowest BCUT2D eigenvalue weighted by atomic mass is 10.2. The topological polar surface area (TPSA) is 118 Å². The molecule has 0 aliphatic heterocycles. The molecule has 2 rings (SSSR count). The third-order valence-corrected chi connectivity index (χ3v) is 5.52. The van der Waals surface area contributed by atoms with Gasteiger partial charge in [0.25, 0.3) is 5.91 Å². The maximum atomic E-state index is 12.8. The summed E-state index contributed by atoms with van der Waals surface area (Å²) in [6.45, 7) is -0.458. The van der Waals surface area contributed by atoms with Crippen molar-refractivity contribution >= 4 is 22.1 Å². The van der Waals surface area contributed by atoms with Crippen LogP contribution in [-0.2, 0) is 14.8 Å². The minimum absolute atomic E-state index is 0.0633. The highest BCUT2D eigenvalue weighted by Crippen LogP contribution is 2.30. The Labute approximate surface area is 163 Å². The maximum Gasteiger partial charge on any atom is 0.255 e. The van der Waals surface area contributed by atoms with Crippen molar-refractivity contribution in [1.29, 1.82) is 0 Å². The van der Waals surface area contributed by atoms with Gasteiger partial charge in [0.2, 0.25) is 10.0 Å². The smallest absolute Gasteiger partial charge is 0.255 e. The predicted molar refractivity (Wildman–Crippen MR) is 103 cm³/mol. The maximum absolute atomic E-state index is 12.8. The van der Waals surface area contributed by atoms with E-state index in [1.54, 1.807) is 18.2 Å². The normalized spacial score (nSPS) is 11.6. The van der Waals surface area contributed by atoms with Gasteiger partial charge in [0, 0.05) is 13.1 Å². The molecule has 0 heterocycles. The molecule has 28 heavy (non-hydrogen) atoms. The number of sulfonamides is 1. The molecule has 2 aromatic rings. The van der Waals surface area contributed by atoms with Crippen LogP contribution in [0.1, 0.15) is 5.56 Å². The standard InChI is InChI=1S/C18H21N3O6S/c1-21(12-18(23)20-19-11-13-5-4-6-14(22)9-13)28(24,25)17-10-15(26-2)7-8-16(17)27-3/h4-11,22H,12H2,1-3H3,(H,20,23). The van der Waals surface area contributed by atoms with Gasteiger partial charge in [-0.2, -0.15) is 9.41 Å². The number of likely N-dealkylation sites (N-methyl/N-ethyl adjacent to an activating group) is 1. The van der Waals surface area contributed by atoms with Crippen LogP contribution in [0.5, 0.6) is 17.2 Å². The number of hydrogen-bond donors (Lipinski definition) is 2. The van der Waals surface area contributed by atoms with E-state index < -0.39 is 22.5 Å². The molecule has 0 atom stereocenters. The number of amides is 1. The Balaban J connectivity index is 2.08. The summed E-state index contributed by atoms with van der Waals surface area (Å²) in [6, 6.07) is 10.6. The number of phenolic OH excluding ortho intramolecular Hbond substituents is 1. The molecule has 2 N–H and O–H groups in total. The minimum Gasteiger partial charge on any atom is -0.508 e. The summed E-state index contributed by atoms with van der Waals surface area (Å²) in [7, 11) is 0.0283. The van der Waals surface area contributed by atoms with Crippen molar-refractivity contribution in [3.8, 4) is 17.2 Å². The quantitative estimate of drug-likeness (QED) is 0.501. The van der Waals surface area contributed by atoms with Crippen molar-refractivity contribution < 1.29 is 27.8 Å². The molecule has 0 saturated heterocycles. The van der Waals surface area contributed by atoms with Gasteiger partial charge in [-0.25, -0.2) is 13.8 Å². The first-order valence-corrected chi connectivity index (χ1v) is 9.51. The average molecular weight is 407 g/mol. The Bertz CT molecular complexity index is 975. The largest absolute Gasteiger partial charge is 0.508 e. The second-order valence-electron chi connectivity index (χ2n) is 5.67.